The summed E-state index contributed by atoms with van der Waals surface area (Å²) in [6, 6.07) is 0. The minimum absolute atomic E-state index is 0.254. The number of β-lactam (4-membered cyclic amide) rings is 1. The number of rotatable bonds is 2. The molecule has 92 valence electrons. The lowest BCUT2D eigenvalue weighted by Gasteiger charge is -2.46. The molecule has 0 aromatic heterocycles. The predicted octanol–water partition coefficient (Wildman–Crippen LogP) is 0.236. The molecular weight excluding hydrogens is 246 g/mol. The number of hydrogen-bond acceptors (Lipinski definition) is 6. The molecule has 7 heteroatoms. The van der Waals surface area contributed by atoms with E-state index in [1.54, 1.807) is 12.3 Å². The number of fused-ring (bicyclic) bond motifs is 1. The van der Waals surface area contributed by atoms with Crippen molar-refractivity contribution < 1.29 is 23.9 Å². The molecule has 2 aliphatic rings. The number of carbonyl (C=O) groups is 3. The van der Waals surface area contributed by atoms with Crippen LogP contribution in [0.5, 0.6) is 0 Å². The van der Waals surface area contributed by atoms with Crippen molar-refractivity contribution in [3.05, 3.63) is 12.3 Å². The van der Waals surface area contributed by atoms with Crippen molar-refractivity contribution in [3.8, 4) is 0 Å². The molecule has 0 aromatic rings. The first-order chi connectivity index (χ1) is 7.99. The number of nitrogens with zero attached hydrogens (tertiary/aromatic N) is 1. The van der Waals surface area contributed by atoms with Gasteiger partial charge in [-0.2, -0.15) is 0 Å². The van der Waals surface area contributed by atoms with E-state index in [4.69, 9.17) is 9.47 Å². The summed E-state index contributed by atoms with van der Waals surface area (Å²) < 4.78 is 9.89. The van der Waals surface area contributed by atoms with E-state index in [1.165, 1.54) is 30.5 Å². The Hall–Kier alpha value is -1.50. The summed E-state index contributed by atoms with van der Waals surface area (Å²) in [7, 11) is 0. The fourth-order valence-electron chi connectivity index (χ4n) is 1.62. The molecule has 0 radical (unpaired) electrons. The Morgan fingerprint density at radius 1 is 1.29 bits per heavy atom. The van der Waals surface area contributed by atoms with E-state index in [0.717, 1.165) is 0 Å². The van der Waals surface area contributed by atoms with E-state index in [9.17, 15) is 14.4 Å². The lowest BCUT2D eigenvalue weighted by Crippen LogP contribution is -2.63. The van der Waals surface area contributed by atoms with Crippen molar-refractivity contribution in [1.29, 1.82) is 0 Å². The van der Waals surface area contributed by atoms with Crippen LogP contribution in [0.1, 0.15) is 13.8 Å². The van der Waals surface area contributed by atoms with Gasteiger partial charge in [-0.3, -0.25) is 19.3 Å². The smallest absolute Gasteiger partial charge is 0.304 e. The molecule has 1 saturated heterocycles. The molecule has 3 atom stereocenters. The van der Waals surface area contributed by atoms with Crippen LogP contribution in [0.4, 0.5) is 0 Å². The lowest BCUT2D eigenvalue weighted by molar-refractivity contribution is -0.171. The van der Waals surface area contributed by atoms with Crippen molar-refractivity contribution in [1.82, 2.24) is 4.90 Å². The molecule has 17 heavy (non-hydrogen) atoms. The molecule has 2 aliphatic heterocycles. The number of thioether (sulfide) groups is 1. The highest BCUT2D eigenvalue weighted by Gasteiger charge is 2.52. The Kier molecular flexibility index (Phi) is 3.10. The Bertz CT molecular complexity index is 408. The minimum atomic E-state index is -0.777. The number of esters is 2. The first-order valence-electron chi connectivity index (χ1n) is 4.99. The van der Waals surface area contributed by atoms with Crippen LogP contribution in [0.3, 0.4) is 0 Å². The number of ether oxygens (including phenoxy) is 2. The van der Waals surface area contributed by atoms with Gasteiger partial charge < -0.3 is 9.47 Å². The van der Waals surface area contributed by atoms with Gasteiger partial charge in [0.2, 0.25) is 6.10 Å². The van der Waals surface area contributed by atoms with Crippen molar-refractivity contribution in [2.24, 2.45) is 0 Å². The quantitative estimate of drug-likeness (QED) is 0.521. The van der Waals surface area contributed by atoms with Crippen LogP contribution in [0, 0.1) is 0 Å². The summed E-state index contributed by atoms with van der Waals surface area (Å²) in [4.78, 5) is 34.6. The first-order valence-corrected chi connectivity index (χ1v) is 5.93. The van der Waals surface area contributed by atoms with Crippen molar-refractivity contribution >= 4 is 29.6 Å². The largest absolute Gasteiger partial charge is 0.449 e. The maximum atomic E-state index is 11.5. The van der Waals surface area contributed by atoms with Gasteiger partial charge >= 0.3 is 11.9 Å². The molecule has 0 saturated carbocycles. The van der Waals surface area contributed by atoms with Gasteiger partial charge in [-0.05, 0) is 6.08 Å². The van der Waals surface area contributed by atoms with E-state index >= 15 is 0 Å². The van der Waals surface area contributed by atoms with Gasteiger partial charge in [0.1, 0.15) is 5.37 Å². The van der Waals surface area contributed by atoms with Gasteiger partial charge in [-0.1, -0.05) is 11.8 Å². The predicted molar refractivity (Wildman–Crippen MR) is 58.5 cm³/mol. The maximum absolute atomic E-state index is 11.5. The second-order valence-corrected chi connectivity index (χ2v) is 4.84. The maximum Gasteiger partial charge on any atom is 0.304 e. The zero-order valence-electron chi connectivity index (χ0n) is 9.28. The van der Waals surface area contributed by atoms with Crippen LogP contribution < -0.4 is 0 Å². The van der Waals surface area contributed by atoms with Gasteiger partial charge in [-0.25, -0.2) is 0 Å². The lowest BCUT2D eigenvalue weighted by atomic mass is 10.1. The zero-order chi connectivity index (χ0) is 12.6. The molecule has 0 spiro atoms. The number of hydrogen-bond donors (Lipinski definition) is 0. The number of amides is 1. The van der Waals surface area contributed by atoms with E-state index in [1.807, 2.05) is 0 Å². The molecular formula is C10H11NO5S. The topological polar surface area (TPSA) is 72.9 Å². The fourth-order valence-corrected chi connectivity index (χ4v) is 2.86. The second-order valence-electron chi connectivity index (χ2n) is 3.62. The van der Waals surface area contributed by atoms with Crippen LogP contribution in [-0.2, 0) is 23.9 Å². The van der Waals surface area contributed by atoms with Crippen LogP contribution in [-0.4, -0.2) is 39.7 Å². The first kappa shape index (κ1) is 12.0. The molecule has 0 aliphatic carbocycles. The van der Waals surface area contributed by atoms with E-state index in [2.05, 4.69) is 0 Å². The molecule has 0 N–H and O–H groups in total. The summed E-state index contributed by atoms with van der Waals surface area (Å²) in [6.07, 6.45) is 2.39. The highest BCUT2D eigenvalue weighted by molar-refractivity contribution is 8.00. The van der Waals surface area contributed by atoms with Gasteiger partial charge in [0.25, 0.3) is 5.91 Å². The Balaban J connectivity index is 2.02. The minimum Gasteiger partial charge on any atom is -0.449 e. The van der Waals surface area contributed by atoms with E-state index in [-0.39, 0.29) is 11.3 Å². The summed E-state index contributed by atoms with van der Waals surface area (Å²) in [5.74, 6) is -1.15. The van der Waals surface area contributed by atoms with Crippen LogP contribution in [0.15, 0.2) is 12.3 Å². The van der Waals surface area contributed by atoms with Crippen LogP contribution in [0.25, 0.3) is 0 Å². The van der Waals surface area contributed by atoms with Crippen LogP contribution in [0.2, 0.25) is 0 Å². The highest BCUT2D eigenvalue weighted by atomic mass is 32.2. The van der Waals surface area contributed by atoms with Crippen LogP contribution >= 0.6 is 11.8 Å². The Morgan fingerprint density at radius 2 is 1.94 bits per heavy atom. The molecule has 0 bridgehead atoms. The van der Waals surface area contributed by atoms with Crippen molar-refractivity contribution in [2.75, 3.05) is 0 Å². The molecule has 2 heterocycles. The third-order valence-corrected chi connectivity index (χ3v) is 3.56. The summed E-state index contributed by atoms with van der Waals surface area (Å²) >= 11 is 1.26. The van der Waals surface area contributed by atoms with Gasteiger partial charge in [0.15, 0.2) is 5.44 Å². The van der Waals surface area contributed by atoms with Gasteiger partial charge in [0.05, 0.1) is 0 Å². The summed E-state index contributed by atoms with van der Waals surface area (Å²) in [5, 5.41) is -0.305. The number of carbonyl (C=O) groups excluding carboxylic acids is 3. The van der Waals surface area contributed by atoms with Crippen molar-refractivity contribution in [2.45, 2.75) is 30.8 Å². The Labute approximate surface area is 102 Å². The summed E-state index contributed by atoms with van der Waals surface area (Å²) in [6.45, 7) is 2.57. The van der Waals surface area contributed by atoms with E-state index < -0.39 is 23.5 Å². The molecule has 6 nitrogen and oxygen atoms in total. The standard InChI is InChI=1S/C10H11NO5S/c1-5(12)15-7-3-4-11-9(14)8(10(11)17-7)16-6(2)13/h3-4,7-8,10H,1-2H3/t7?,8?,10-/m1/s1. The fraction of sp³-hybridized carbons (Fsp3) is 0.500. The van der Waals surface area contributed by atoms with Crippen molar-refractivity contribution in [3.63, 3.8) is 0 Å². The molecule has 2 unspecified atom stereocenters. The summed E-state index contributed by atoms with van der Waals surface area (Å²) in [5.41, 5.74) is -0.445. The third kappa shape index (κ3) is 2.28. The molecule has 1 amide bonds. The van der Waals surface area contributed by atoms with Gasteiger partial charge in [-0.15, -0.1) is 0 Å². The normalized spacial score (nSPS) is 30.4. The monoisotopic (exact) mass is 257 g/mol. The average Bonchev–Trinajstić information content (AvgIpc) is 2.24. The SMILES string of the molecule is CC(=O)OC1C=CN2C(=O)C(OC(C)=O)[C@H]2S1. The molecule has 1 fully saturated rings. The molecule has 0 aromatic carbocycles. The van der Waals surface area contributed by atoms with E-state index in [0.29, 0.717) is 0 Å². The second kappa shape index (κ2) is 4.40. The van der Waals surface area contributed by atoms with Gasteiger partial charge in [0, 0.05) is 20.0 Å². The average molecular weight is 257 g/mol. The Morgan fingerprint density at radius 3 is 2.53 bits per heavy atom. The highest BCUT2D eigenvalue weighted by Crippen LogP contribution is 2.39. The third-order valence-electron chi connectivity index (χ3n) is 2.28. The zero-order valence-corrected chi connectivity index (χ0v) is 10.1. The molecule has 2 rings (SSSR count).